The first-order chi connectivity index (χ1) is 12.1. The Labute approximate surface area is 147 Å². The zero-order valence-electron chi connectivity index (χ0n) is 14.5. The molecule has 1 atom stereocenters. The predicted molar refractivity (Wildman–Crippen MR) is 92.9 cm³/mol. The fraction of sp³-hybridized carbons (Fsp3) is 0.529. The smallest absolute Gasteiger partial charge is 0.225 e. The number of rotatable bonds is 7. The Hall–Kier alpha value is -2.48. The van der Waals surface area contributed by atoms with Crippen molar-refractivity contribution >= 4 is 11.9 Å². The maximum absolute atomic E-state index is 12.3. The highest BCUT2D eigenvalue weighted by Gasteiger charge is 2.38. The van der Waals surface area contributed by atoms with E-state index in [4.69, 9.17) is 0 Å². The molecule has 0 radical (unpaired) electrons. The van der Waals surface area contributed by atoms with E-state index in [1.165, 1.54) is 0 Å². The number of aromatic nitrogens is 4. The summed E-state index contributed by atoms with van der Waals surface area (Å²) in [6.45, 7) is 2.15. The number of likely N-dealkylation sites (N-methyl/N-ethyl adjacent to an activating group) is 1. The number of aryl methyl sites for hydroxylation is 1. The van der Waals surface area contributed by atoms with E-state index in [1.54, 1.807) is 36.6 Å². The Morgan fingerprint density at radius 1 is 1.32 bits per heavy atom. The van der Waals surface area contributed by atoms with E-state index in [9.17, 15) is 9.90 Å². The molecule has 2 aromatic rings. The summed E-state index contributed by atoms with van der Waals surface area (Å²) in [5.41, 5.74) is -0.925. The molecule has 8 nitrogen and oxygen atoms in total. The van der Waals surface area contributed by atoms with E-state index in [0.717, 1.165) is 13.0 Å². The molecule has 0 aliphatic carbocycles. The number of anilines is 1. The number of carbonyl (C=O) groups excluding carboxylic acids is 1. The molecule has 1 fully saturated rings. The lowest BCUT2D eigenvalue weighted by atomic mass is 10.0. The van der Waals surface area contributed by atoms with Crippen molar-refractivity contribution in [2.24, 2.45) is 0 Å². The maximum atomic E-state index is 12.3. The predicted octanol–water partition coefficient (Wildman–Crippen LogP) is 0.553. The van der Waals surface area contributed by atoms with Crippen molar-refractivity contribution in [3.63, 3.8) is 0 Å². The van der Waals surface area contributed by atoms with Crippen molar-refractivity contribution in [2.75, 3.05) is 31.6 Å². The van der Waals surface area contributed by atoms with Gasteiger partial charge in [-0.05, 0) is 25.0 Å². The Balaban J connectivity index is 1.46. The van der Waals surface area contributed by atoms with Crippen LogP contribution in [0.15, 0.2) is 36.9 Å². The van der Waals surface area contributed by atoms with Gasteiger partial charge in [0.2, 0.25) is 11.9 Å². The number of carbonyl (C=O) groups is 1. The van der Waals surface area contributed by atoms with Crippen LogP contribution in [-0.2, 0) is 11.3 Å². The van der Waals surface area contributed by atoms with Crippen LogP contribution in [0.25, 0.3) is 0 Å². The van der Waals surface area contributed by atoms with E-state index in [1.807, 2.05) is 21.8 Å². The van der Waals surface area contributed by atoms with Crippen LogP contribution in [0.1, 0.15) is 19.3 Å². The molecule has 1 saturated heterocycles. The highest BCUT2D eigenvalue weighted by atomic mass is 16.3. The van der Waals surface area contributed by atoms with Crippen LogP contribution in [0.2, 0.25) is 0 Å². The Morgan fingerprint density at radius 3 is 2.84 bits per heavy atom. The van der Waals surface area contributed by atoms with Gasteiger partial charge in [0.05, 0.1) is 13.1 Å². The topological polar surface area (TPSA) is 87.4 Å². The van der Waals surface area contributed by atoms with E-state index in [2.05, 4.69) is 15.1 Å². The maximum Gasteiger partial charge on any atom is 0.225 e. The Morgan fingerprint density at radius 2 is 2.12 bits per heavy atom. The summed E-state index contributed by atoms with van der Waals surface area (Å²) in [6, 6.07) is 3.63. The summed E-state index contributed by atoms with van der Waals surface area (Å²) in [5.74, 6) is 0.654. The Bertz CT molecular complexity index is 678. The van der Waals surface area contributed by atoms with Gasteiger partial charge in [0.15, 0.2) is 0 Å². The van der Waals surface area contributed by atoms with Crippen LogP contribution in [0.5, 0.6) is 0 Å². The lowest BCUT2D eigenvalue weighted by Gasteiger charge is -2.29. The second-order valence-electron chi connectivity index (χ2n) is 6.57. The molecule has 0 aromatic carbocycles. The summed E-state index contributed by atoms with van der Waals surface area (Å²) in [4.78, 5) is 24.3. The van der Waals surface area contributed by atoms with Crippen molar-refractivity contribution < 1.29 is 9.90 Å². The zero-order valence-corrected chi connectivity index (χ0v) is 14.5. The van der Waals surface area contributed by atoms with Crippen LogP contribution in [0.4, 0.5) is 5.95 Å². The highest BCUT2D eigenvalue weighted by molar-refractivity contribution is 5.75. The minimum atomic E-state index is -0.925. The number of nitrogens with zero attached hydrogens (tertiary/aromatic N) is 6. The largest absolute Gasteiger partial charge is 0.386 e. The fourth-order valence-corrected chi connectivity index (χ4v) is 3.16. The summed E-state index contributed by atoms with van der Waals surface area (Å²) in [5, 5.41) is 14.9. The molecule has 2 aromatic heterocycles. The van der Waals surface area contributed by atoms with Gasteiger partial charge in [-0.1, -0.05) is 0 Å². The van der Waals surface area contributed by atoms with Crippen LogP contribution in [0.3, 0.4) is 0 Å². The van der Waals surface area contributed by atoms with Crippen LogP contribution in [-0.4, -0.2) is 67.9 Å². The summed E-state index contributed by atoms with van der Waals surface area (Å²) >= 11 is 0. The van der Waals surface area contributed by atoms with Gasteiger partial charge in [0.1, 0.15) is 5.60 Å². The average molecular weight is 344 g/mol. The summed E-state index contributed by atoms with van der Waals surface area (Å²) in [6.07, 6.45) is 8.76. The third-order valence-electron chi connectivity index (χ3n) is 4.46. The minimum Gasteiger partial charge on any atom is -0.386 e. The first-order valence-electron chi connectivity index (χ1n) is 8.51. The molecule has 134 valence electrons. The molecule has 0 spiro atoms. The average Bonchev–Trinajstić information content (AvgIpc) is 3.25. The molecule has 0 bridgehead atoms. The molecular formula is C17H24N6O2. The number of amides is 1. The third-order valence-corrected chi connectivity index (χ3v) is 4.46. The molecule has 3 heterocycles. The second kappa shape index (κ2) is 7.60. The number of β-amino-alcohol motifs (C(OH)–C–C–N with tert-alkyl or cyclic N) is 1. The van der Waals surface area contributed by atoms with E-state index in [-0.39, 0.29) is 5.91 Å². The molecule has 1 aliphatic heterocycles. The first kappa shape index (κ1) is 17.3. The number of aliphatic hydroxyl groups is 1. The van der Waals surface area contributed by atoms with Crippen molar-refractivity contribution in [2.45, 2.75) is 31.4 Å². The first-order valence-corrected chi connectivity index (χ1v) is 8.51. The van der Waals surface area contributed by atoms with E-state index >= 15 is 0 Å². The molecule has 3 rings (SSSR count). The zero-order chi connectivity index (χ0) is 17.7. The summed E-state index contributed by atoms with van der Waals surface area (Å²) in [7, 11) is 1.75. The molecule has 1 N–H and O–H groups in total. The highest BCUT2D eigenvalue weighted by Crippen LogP contribution is 2.25. The Kier molecular flexibility index (Phi) is 5.28. The van der Waals surface area contributed by atoms with E-state index < -0.39 is 5.60 Å². The van der Waals surface area contributed by atoms with Gasteiger partial charge in [-0.3, -0.25) is 9.48 Å². The van der Waals surface area contributed by atoms with Gasteiger partial charge in [0, 0.05) is 51.3 Å². The SMILES string of the molecule is CN(C[C@@]1(O)CCN(c2ncccn2)C1)C(=O)CCCn1cccn1. The fourth-order valence-electron chi connectivity index (χ4n) is 3.16. The van der Waals surface area contributed by atoms with Gasteiger partial charge < -0.3 is 14.9 Å². The van der Waals surface area contributed by atoms with Gasteiger partial charge in [0.25, 0.3) is 0 Å². The number of hydrogen-bond donors (Lipinski definition) is 1. The lowest BCUT2D eigenvalue weighted by molar-refractivity contribution is -0.133. The van der Waals surface area contributed by atoms with Crippen LogP contribution in [0, 0.1) is 0 Å². The normalized spacial score (nSPS) is 20.0. The van der Waals surface area contributed by atoms with Gasteiger partial charge in [-0.25, -0.2) is 9.97 Å². The molecule has 8 heteroatoms. The summed E-state index contributed by atoms with van der Waals surface area (Å²) < 4.78 is 1.82. The molecule has 0 unspecified atom stereocenters. The van der Waals surface area contributed by atoms with Gasteiger partial charge in [-0.2, -0.15) is 5.10 Å². The molecule has 1 aliphatic rings. The molecule has 25 heavy (non-hydrogen) atoms. The van der Waals surface area contributed by atoms with Crippen molar-refractivity contribution in [3.8, 4) is 0 Å². The van der Waals surface area contributed by atoms with Crippen molar-refractivity contribution in [1.82, 2.24) is 24.6 Å². The number of hydrogen-bond acceptors (Lipinski definition) is 6. The monoisotopic (exact) mass is 344 g/mol. The van der Waals surface area contributed by atoms with Crippen molar-refractivity contribution in [1.29, 1.82) is 0 Å². The van der Waals surface area contributed by atoms with E-state index in [0.29, 0.717) is 38.4 Å². The molecule has 1 amide bonds. The molecule has 0 saturated carbocycles. The van der Waals surface area contributed by atoms with Gasteiger partial charge >= 0.3 is 0 Å². The van der Waals surface area contributed by atoms with Crippen LogP contribution < -0.4 is 4.90 Å². The van der Waals surface area contributed by atoms with Crippen molar-refractivity contribution in [3.05, 3.63) is 36.9 Å². The quantitative estimate of drug-likeness (QED) is 0.789. The minimum absolute atomic E-state index is 0.0370. The third kappa shape index (κ3) is 4.54. The molecular weight excluding hydrogens is 320 g/mol. The lowest BCUT2D eigenvalue weighted by Crippen LogP contribution is -2.46. The standard InChI is InChI=1S/C17H24N6O2/c1-21(15(24)5-2-10-23-11-4-9-20-23)13-17(25)6-12-22(14-17)16-18-7-3-8-19-16/h3-4,7-9,11,25H,2,5-6,10,12-14H2,1H3/t17-/m0/s1. The second-order valence-corrected chi connectivity index (χ2v) is 6.57. The van der Waals surface area contributed by atoms with Gasteiger partial charge in [-0.15, -0.1) is 0 Å². The van der Waals surface area contributed by atoms with Crippen LogP contribution >= 0.6 is 0 Å².